The number of carbonyl (C=O) groups excluding carboxylic acids is 1. The highest BCUT2D eigenvalue weighted by Crippen LogP contribution is 2.33. The third kappa shape index (κ3) is 5.67. The molecule has 2 aromatic heterocycles. The second-order valence-corrected chi connectivity index (χ2v) is 8.94. The van der Waals surface area contributed by atoms with E-state index in [2.05, 4.69) is 20.2 Å². The van der Waals surface area contributed by atoms with E-state index in [0.717, 1.165) is 17.6 Å². The summed E-state index contributed by atoms with van der Waals surface area (Å²) in [6, 6.07) is 3.17. The largest absolute Gasteiger partial charge is 0.470 e. The number of nitrogens with zero attached hydrogens (tertiary/aromatic N) is 4. The van der Waals surface area contributed by atoms with Crippen molar-refractivity contribution in [3.63, 3.8) is 0 Å². The molecule has 0 aliphatic rings. The monoisotopic (exact) mass is 398 g/mol. The number of rotatable bonds is 6. The first-order valence-electron chi connectivity index (χ1n) is 7.48. The van der Waals surface area contributed by atoms with E-state index in [0.29, 0.717) is 15.7 Å². The van der Waals surface area contributed by atoms with Crippen LogP contribution in [0.15, 0.2) is 17.1 Å². The summed E-state index contributed by atoms with van der Waals surface area (Å²) in [6.45, 7) is 7.07. The molecule has 1 atom stereocenters. The summed E-state index contributed by atoms with van der Waals surface area (Å²) in [6.07, 6.45) is 1.67. The van der Waals surface area contributed by atoms with Gasteiger partial charge in [0.2, 0.25) is 12.0 Å². The average Bonchev–Trinajstić information content (AvgIpc) is 2.96. The van der Waals surface area contributed by atoms with Crippen LogP contribution in [0.4, 0.5) is 5.69 Å². The standard InChI is InChI=1S/C15H18N4O5S2/c1-9(24-26(5,21)22)13-18-19-14(25-13)11-7-6-10(16-8-20)12(17-11)23-15(2,3)4/h6-7,9H,1-5H3/t9-/m0/s1. The van der Waals surface area contributed by atoms with Crippen molar-refractivity contribution in [2.75, 3.05) is 6.26 Å². The highest BCUT2D eigenvalue weighted by molar-refractivity contribution is 7.86. The molecule has 0 N–H and O–H groups in total. The van der Waals surface area contributed by atoms with Gasteiger partial charge in [-0.2, -0.15) is 13.4 Å². The van der Waals surface area contributed by atoms with Crippen LogP contribution in [0.2, 0.25) is 0 Å². The van der Waals surface area contributed by atoms with Gasteiger partial charge in [0.1, 0.15) is 28.1 Å². The molecule has 26 heavy (non-hydrogen) atoms. The van der Waals surface area contributed by atoms with E-state index in [4.69, 9.17) is 8.92 Å². The molecule has 0 saturated carbocycles. The molecule has 2 aromatic rings. The molecule has 0 spiro atoms. The summed E-state index contributed by atoms with van der Waals surface area (Å²) in [5.74, 6) is 0.163. The Kier molecular flexibility index (Phi) is 5.87. The smallest absolute Gasteiger partial charge is 0.265 e. The fraction of sp³-hybridized carbons (Fsp3) is 0.467. The Morgan fingerprint density at radius 3 is 2.54 bits per heavy atom. The minimum Gasteiger partial charge on any atom is -0.470 e. The number of aliphatic imine (C=N–C) groups is 1. The topological polar surface area (TPSA) is 121 Å². The van der Waals surface area contributed by atoms with Crippen LogP contribution >= 0.6 is 11.3 Å². The van der Waals surface area contributed by atoms with Gasteiger partial charge >= 0.3 is 0 Å². The molecule has 0 unspecified atom stereocenters. The third-order valence-electron chi connectivity index (χ3n) is 2.74. The fourth-order valence-electron chi connectivity index (χ4n) is 1.86. The van der Waals surface area contributed by atoms with Crippen LogP contribution in [0.5, 0.6) is 5.88 Å². The predicted molar refractivity (Wildman–Crippen MR) is 95.6 cm³/mol. The molecular formula is C15H18N4O5S2. The molecule has 0 aliphatic carbocycles. The van der Waals surface area contributed by atoms with Gasteiger partial charge in [-0.05, 0) is 39.8 Å². The molecule has 0 saturated heterocycles. The summed E-state index contributed by atoms with van der Waals surface area (Å²) in [7, 11) is -3.61. The van der Waals surface area contributed by atoms with E-state index in [9.17, 15) is 13.2 Å². The lowest BCUT2D eigenvalue weighted by Gasteiger charge is -2.21. The maximum absolute atomic E-state index is 11.2. The molecule has 140 valence electrons. The zero-order valence-electron chi connectivity index (χ0n) is 14.9. The minimum absolute atomic E-state index is 0.163. The van der Waals surface area contributed by atoms with Crippen molar-refractivity contribution in [1.82, 2.24) is 15.2 Å². The first-order valence-corrected chi connectivity index (χ1v) is 10.1. The Labute approximate surface area is 155 Å². The molecular weight excluding hydrogens is 380 g/mol. The lowest BCUT2D eigenvalue weighted by atomic mass is 10.2. The maximum atomic E-state index is 11.2. The molecule has 0 bridgehead atoms. The van der Waals surface area contributed by atoms with Crippen LogP contribution in [0.1, 0.15) is 38.8 Å². The van der Waals surface area contributed by atoms with Crippen molar-refractivity contribution in [3.05, 3.63) is 17.1 Å². The number of aromatic nitrogens is 3. The van der Waals surface area contributed by atoms with E-state index >= 15 is 0 Å². The number of hydrogen-bond donors (Lipinski definition) is 0. The van der Waals surface area contributed by atoms with Gasteiger partial charge in [-0.1, -0.05) is 11.3 Å². The second-order valence-electron chi connectivity index (χ2n) is 6.33. The van der Waals surface area contributed by atoms with Gasteiger partial charge in [0, 0.05) is 0 Å². The highest BCUT2D eigenvalue weighted by Gasteiger charge is 2.21. The summed E-state index contributed by atoms with van der Waals surface area (Å²) in [5.41, 5.74) is 0.143. The first kappa shape index (κ1) is 20.1. The highest BCUT2D eigenvalue weighted by atomic mass is 32.2. The van der Waals surface area contributed by atoms with Gasteiger partial charge in [-0.15, -0.1) is 10.2 Å². The zero-order chi connectivity index (χ0) is 19.5. The molecule has 9 nitrogen and oxygen atoms in total. The second kappa shape index (κ2) is 7.58. The SMILES string of the molecule is C[C@H](OS(C)(=O)=O)c1nnc(-c2ccc(N=C=O)c(OC(C)(C)C)n2)s1. The Hall–Kier alpha value is -2.20. The molecule has 2 rings (SSSR count). The number of ether oxygens (including phenoxy) is 1. The van der Waals surface area contributed by atoms with Gasteiger partial charge < -0.3 is 4.74 Å². The quantitative estimate of drug-likeness (QED) is 0.414. The van der Waals surface area contributed by atoms with Crippen LogP contribution in [-0.2, 0) is 19.1 Å². The molecule has 0 fully saturated rings. The average molecular weight is 398 g/mol. The lowest BCUT2D eigenvalue weighted by molar-refractivity contribution is 0.125. The Balaban J connectivity index is 2.37. The van der Waals surface area contributed by atoms with E-state index in [1.807, 2.05) is 20.8 Å². The van der Waals surface area contributed by atoms with Gasteiger partial charge in [-0.3, -0.25) is 4.18 Å². The Morgan fingerprint density at radius 2 is 1.96 bits per heavy atom. The van der Waals surface area contributed by atoms with Gasteiger partial charge in [0.25, 0.3) is 10.1 Å². The predicted octanol–water partition coefficient (Wildman–Crippen LogP) is 2.78. The molecule has 0 aromatic carbocycles. The van der Waals surface area contributed by atoms with Crippen molar-refractivity contribution in [2.24, 2.45) is 4.99 Å². The van der Waals surface area contributed by atoms with Crippen LogP contribution in [0.3, 0.4) is 0 Å². The Bertz CT molecular complexity index is 943. The summed E-state index contributed by atoms with van der Waals surface area (Å²) in [5, 5.41) is 8.81. The van der Waals surface area contributed by atoms with Crippen molar-refractivity contribution in [3.8, 4) is 16.6 Å². The van der Waals surface area contributed by atoms with Crippen LogP contribution in [0.25, 0.3) is 10.7 Å². The third-order valence-corrected chi connectivity index (χ3v) is 4.48. The molecule has 0 amide bonds. The van der Waals surface area contributed by atoms with Crippen molar-refractivity contribution >= 4 is 33.2 Å². The fourth-order valence-corrected chi connectivity index (χ4v) is 3.33. The van der Waals surface area contributed by atoms with Crippen LogP contribution < -0.4 is 4.74 Å². The lowest BCUT2D eigenvalue weighted by Crippen LogP contribution is -2.23. The first-order chi connectivity index (χ1) is 12.0. The van der Waals surface area contributed by atoms with E-state index < -0.39 is 21.8 Å². The maximum Gasteiger partial charge on any atom is 0.265 e. The van der Waals surface area contributed by atoms with Gasteiger partial charge in [0.05, 0.1) is 6.26 Å². The molecule has 0 radical (unpaired) electrons. The number of isocyanates is 1. The summed E-state index contributed by atoms with van der Waals surface area (Å²) < 4.78 is 33.1. The molecule has 2 heterocycles. The van der Waals surface area contributed by atoms with Gasteiger partial charge in [0.15, 0.2) is 5.01 Å². The number of hydrogen-bond acceptors (Lipinski definition) is 10. The zero-order valence-corrected chi connectivity index (χ0v) is 16.5. The number of pyridine rings is 1. The van der Waals surface area contributed by atoms with Crippen molar-refractivity contribution in [2.45, 2.75) is 39.4 Å². The van der Waals surface area contributed by atoms with E-state index in [1.165, 1.54) is 6.08 Å². The molecule has 0 aliphatic heterocycles. The van der Waals surface area contributed by atoms with Crippen LogP contribution in [0, 0.1) is 0 Å². The van der Waals surface area contributed by atoms with Gasteiger partial charge in [-0.25, -0.2) is 9.78 Å². The van der Waals surface area contributed by atoms with Crippen molar-refractivity contribution < 1.29 is 22.1 Å². The summed E-state index contributed by atoms with van der Waals surface area (Å²) >= 11 is 1.14. The van der Waals surface area contributed by atoms with E-state index in [-0.39, 0.29) is 11.6 Å². The van der Waals surface area contributed by atoms with E-state index in [1.54, 1.807) is 19.1 Å². The van der Waals surface area contributed by atoms with Crippen LogP contribution in [-0.4, -0.2) is 41.5 Å². The van der Waals surface area contributed by atoms with Crippen molar-refractivity contribution in [1.29, 1.82) is 0 Å². The Morgan fingerprint density at radius 1 is 1.27 bits per heavy atom. The minimum atomic E-state index is -3.61. The normalized spacial score (nSPS) is 13.1. The molecule has 11 heteroatoms. The summed E-state index contributed by atoms with van der Waals surface area (Å²) in [4.78, 5) is 18.5.